The Morgan fingerprint density at radius 2 is 2.00 bits per heavy atom. The molecule has 1 aliphatic rings. The van der Waals surface area contributed by atoms with E-state index < -0.39 is 5.97 Å². The number of esters is 2. The van der Waals surface area contributed by atoms with Gasteiger partial charge in [0.1, 0.15) is 6.10 Å². The molecule has 0 aromatic carbocycles. The lowest BCUT2D eigenvalue weighted by molar-refractivity contribution is -0.164. The lowest BCUT2D eigenvalue weighted by Crippen LogP contribution is -2.33. The third kappa shape index (κ3) is 5.62. The molecule has 2 atom stereocenters. The highest BCUT2D eigenvalue weighted by molar-refractivity contribution is 5.76. The maximum atomic E-state index is 11.6. The number of hydrogen-bond donors (Lipinski definition) is 0. The van der Waals surface area contributed by atoms with E-state index in [-0.39, 0.29) is 25.1 Å². The van der Waals surface area contributed by atoms with Gasteiger partial charge in [0, 0.05) is 6.42 Å². The first-order chi connectivity index (χ1) is 8.84. The maximum Gasteiger partial charge on any atom is 0.344 e. The molecular formula is C15H26O4. The average Bonchev–Trinajstić information content (AvgIpc) is 2.34. The van der Waals surface area contributed by atoms with Gasteiger partial charge in [0.15, 0.2) is 6.61 Å². The Kier molecular flexibility index (Phi) is 5.83. The molecule has 0 aromatic rings. The zero-order valence-electron chi connectivity index (χ0n) is 12.5. The van der Waals surface area contributed by atoms with Crippen molar-refractivity contribution in [3.63, 3.8) is 0 Å². The number of hydrogen-bond acceptors (Lipinski definition) is 4. The van der Waals surface area contributed by atoms with Gasteiger partial charge in [-0.25, -0.2) is 4.79 Å². The number of rotatable bonds is 5. The summed E-state index contributed by atoms with van der Waals surface area (Å²) in [6, 6.07) is 0. The highest BCUT2D eigenvalue weighted by Gasteiger charge is 2.32. The summed E-state index contributed by atoms with van der Waals surface area (Å²) in [6.45, 7) is 7.88. The summed E-state index contributed by atoms with van der Waals surface area (Å²) < 4.78 is 10.1. The van der Waals surface area contributed by atoms with Crippen molar-refractivity contribution in [2.45, 2.75) is 65.9 Å². The molecule has 0 heterocycles. The van der Waals surface area contributed by atoms with Crippen molar-refractivity contribution in [3.05, 3.63) is 0 Å². The summed E-state index contributed by atoms with van der Waals surface area (Å²) in [6.07, 6.45) is 4.78. The van der Waals surface area contributed by atoms with Crippen LogP contribution in [0.3, 0.4) is 0 Å². The van der Waals surface area contributed by atoms with Gasteiger partial charge in [-0.05, 0) is 37.5 Å². The van der Waals surface area contributed by atoms with Crippen LogP contribution in [0.5, 0.6) is 0 Å². The largest absolute Gasteiger partial charge is 0.460 e. The maximum absolute atomic E-state index is 11.6. The Morgan fingerprint density at radius 1 is 1.32 bits per heavy atom. The van der Waals surface area contributed by atoms with Crippen molar-refractivity contribution in [2.75, 3.05) is 6.61 Å². The van der Waals surface area contributed by atoms with Gasteiger partial charge in [-0.3, -0.25) is 4.79 Å². The molecule has 110 valence electrons. The van der Waals surface area contributed by atoms with Gasteiger partial charge in [-0.15, -0.1) is 0 Å². The van der Waals surface area contributed by atoms with E-state index >= 15 is 0 Å². The molecule has 1 saturated carbocycles. The van der Waals surface area contributed by atoms with Crippen LogP contribution in [0.2, 0.25) is 0 Å². The minimum Gasteiger partial charge on any atom is -0.460 e. The van der Waals surface area contributed by atoms with Crippen LogP contribution in [0, 0.1) is 11.3 Å². The second-order valence-corrected chi connectivity index (χ2v) is 6.23. The molecular weight excluding hydrogens is 244 g/mol. The molecule has 0 spiro atoms. The fraction of sp³-hybridized carbons (Fsp3) is 0.867. The van der Waals surface area contributed by atoms with Gasteiger partial charge in [0.05, 0.1) is 0 Å². The van der Waals surface area contributed by atoms with Crippen LogP contribution < -0.4 is 0 Å². The lowest BCUT2D eigenvalue weighted by atomic mass is 9.71. The average molecular weight is 270 g/mol. The van der Waals surface area contributed by atoms with Crippen LogP contribution in [0.15, 0.2) is 0 Å². The topological polar surface area (TPSA) is 52.6 Å². The molecule has 1 fully saturated rings. The summed E-state index contributed by atoms with van der Waals surface area (Å²) in [4.78, 5) is 22.5. The molecule has 0 bridgehead atoms. The summed E-state index contributed by atoms with van der Waals surface area (Å²) >= 11 is 0. The SMILES string of the molecule is CCC(=O)OCC(=O)OC(C)[C@@H]1CCCC(C)(C)C1. The van der Waals surface area contributed by atoms with E-state index in [1.807, 2.05) is 6.92 Å². The second-order valence-electron chi connectivity index (χ2n) is 6.23. The van der Waals surface area contributed by atoms with Crippen LogP contribution in [-0.4, -0.2) is 24.6 Å². The first-order valence-corrected chi connectivity index (χ1v) is 7.19. The van der Waals surface area contributed by atoms with Crippen LogP contribution in [0.1, 0.15) is 59.8 Å². The van der Waals surface area contributed by atoms with E-state index in [9.17, 15) is 9.59 Å². The standard InChI is InChI=1S/C15H26O4/c1-5-13(16)18-10-14(17)19-11(2)12-7-6-8-15(3,4)9-12/h11-12H,5-10H2,1-4H3/t11?,12-/m1/s1. The Balaban J connectivity index is 2.35. The normalized spacial score (nSPS) is 23.5. The zero-order valence-corrected chi connectivity index (χ0v) is 12.5. The van der Waals surface area contributed by atoms with Crippen molar-refractivity contribution >= 4 is 11.9 Å². The molecule has 0 amide bonds. The predicted octanol–water partition coefficient (Wildman–Crippen LogP) is 3.09. The lowest BCUT2D eigenvalue weighted by Gasteiger charge is -2.37. The Labute approximate surface area is 115 Å². The quantitative estimate of drug-likeness (QED) is 0.720. The van der Waals surface area contributed by atoms with E-state index in [4.69, 9.17) is 9.47 Å². The molecule has 1 unspecified atom stereocenters. The minimum atomic E-state index is -0.447. The van der Waals surface area contributed by atoms with Crippen molar-refractivity contribution in [3.8, 4) is 0 Å². The highest BCUT2D eigenvalue weighted by Crippen LogP contribution is 2.40. The third-order valence-corrected chi connectivity index (χ3v) is 3.86. The summed E-state index contributed by atoms with van der Waals surface area (Å²) in [7, 11) is 0. The van der Waals surface area contributed by atoms with Crippen LogP contribution in [0.4, 0.5) is 0 Å². The Bertz CT molecular complexity index is 322. The number of carbonyl (C=O) groups is 2. The Morgan fingerprint density at radius 3 is 2.58 bits per heavy atom. The fourth-order valence-electron chi connectivity index (χ4n) is 2.74. The number of carbonyl (C=O) groups excluding carboxylic acids is 2. The molecule has 0 saturated heterocycles. The van der Waals surface area contributed by atoms with Crippen molar-refractivity contribution in [1.82, 2.24) is 0 Å². The second kappa shape index (κ2) is 6.92. The first kappa shape index (κ1) is 16.0. The molecule has 4 nitrogen and oxygen atoms in total. The van der Waals surface area contributed by atoms with Crippen LogP contribution in [-0.2, 0) is 19.1 Å². The smallest absolute Gasteiger partial charge is 0.344 e. The van der Waals surface area contributed by atoms with E-state index in [1.54, 1.807) is 6.92 Å². The van der Waals surface area contributed by atoms with Crippen molar-refractivity contribution in [1.29, 1.82) is 0 Å². The van der Waals surface area contributed by atoms with Gasteiger partial charge < -0.3 is 9.47 Å². The van der Waals surface area contributed by atoms with Gasteiger partial charge in [0.25, 0.3) is 0 Å². The van der Waals surface area contributed by atoms with Gasteiger partial charge in [0.2, 0.25) is 0 Å². The van der Waals surface area contributed by atoms with E-state index in [0.717, 1.165) is 12.8 Å². The Hall–Kier alpha value is -1.06. The van der Waals surface area contributed by atoms with Crippen molar-refractivity contribution < 1.29 is 19.1 Å². The monoisotopic (exact) mass is 270 g/mol. The van der Waals surface area contributed by atoms with Gasteiger partial charge >= 0.3 is 11.9 Å². The summed E-state index contributed by atoms with van der Waals surface area (Å²) in [5, 5.41) is 0. The molecule has 0 N–H and O–H groups in total. The summed E-state index contributed by atoms with van der Waals surface area (Å²) in [5.41, 5.74) is 0.332. The minimum absolute atomic E-state index is 0.104. The number of ether oxygens (including phenoxy) is 2. The van der Waals surface area contributed by atoms with E-state index in [2.05, 4.69) is 13.8 Å². The zero-order chi connectivity index (χ0) is 14.5. The molecule has 1 rings (SSSR count). The summed E-state index contributed by atoms with van der Waals surface area (Å²) in [5.74, 6) is -0.407. The molecule has 0 aromatic heterocycles. The van der Waals surface area contributed by atoms with Crippen LogP contribution >= 0.6 is 0 Å². The third-order valence-electron chi connectivity index (χ3n) is 3.86. The molecule has 1 aliphatic carbocycles. The van der Waals surface area contributed by atoms with Crippen molar-refractivity contribution in [2.24, 2.45) is 11.3 Å². The van der Waals surface area contributed by atoms with Crippen LogP contribution in [0.25, 0.3) is 0 Å². The first-order valence-electron chi connectivity index (χ1n) is 7.19. The molecule has 0 radical (unpaired) electrons. The van der Waals surface area contributed by atoms with Gasteiger partial charge in [-0.2, -0.15) is 0 Å². The predicted molar refractivity (Wildman–Crippen MR) is 72.5 cm³/mol. The molecule has 4 heteroatoms. The molecule has 19 heavy (non-hydrogen) atoms. The highest BCUT2D eigenvalue weighted by atomic mass is 16.6. The molecule has 0 aliphatic heterocycles. The van der Waals surface area contributed by atoms with E-state index in [1.165, 1.54) is 12.8 Å². The van der Waals surface area contributed by atoms with Gasteiger partial charge in [-0.1, -0.05) is 27.2 Å². The fourth-order valence-corrected chi connectivity index (χ4v) is 2.74. The van der Waals surface area contributed by atoms with E-state index in [0.29, 0.717) is 11.3 Å².